The van der Waals surface area contributed by atoms with Crippen LogP contribution in [0.3, 0.4) is 0 Å². The number of ether oxygens (including phenoxy) is 2. The van der Waals surface area contributed by atoms with Gasteiger partial charge in [0, 0.05) is 13.1 Å². The highest BCUT2D eigenvalue weighted by Crippen LogP contribution is 2.36. The molecule has 4 rings (SSSR count). The van der Waals surface area contributed by atoms with Gasteiger partial charge in [-0.25, -0.2) is 14.6 Å². The zero-order chi connectivity index (χ0) is 18.4. The molecule has 1 aromatic heterocycles. The molecular formula is C18H25N3O4. The average molecular weight is 347 g/mol. The van der Waals surface area contributed by atoms with Gasteiger partial charge in [0.25, 0.3) is 0 Å². The summed E-state index contributed by atoms with van der Waals surface area (Å²) in [5, 5.41) is 0. The molecule has 7 heteroatoms. The Balaban J connectivity index is 1.69. The number of nitrogens with zero attached hydrogens (tertiary/aromatic N) is 3. The van der Waals surface area contributed by atoms with Crippen LogP contribution in [0.1, 0.15) is 43.4 Å². The van der Waals surface area contributed by atoms with Crippen LogP contribution in [-0.4, -0.2) is 59.8 Å². The highest BCUT2D eigenvalue weighted by atomic mass is 16.6. The van der Waals surface area contributed by atoms with Crippen molar-refractivity contribution in [2.75, 3.05) is 25.1 Å². The van der Waals surface area contributed by atoms with E-state index in [1.165, 1.54) is 7.11 Å². The Morgan fingerprint density at radius 2 is 1.84 bits per heavy atom. The third-order valence-electron chi connectivity index (χ3n) is 4.59. The number of carbonyl (C=O) groups excluding carboxylic acids is 2. The normalized spacial score (nSPS) is 22.3. The summed E-state index contributed by atoms with van der Waals surface area (Å²) in [5.41, 5.74) is 1.60. The number of piperidine rings is 1. The number of methoxy groups -OCH3 is 1. The molecule has 3 aliphatic rings. The number of pyridine rings is 1. The van der Waals surface area contributed by atoms with Gasteiger partial charge in [0.1, 0.15) is 11.3 Å². The maximum absolute atomic E-state index is 12.3. The standard InChI is InChI=1S/C18H25N3O4/c1-11-15(7-6-14(19-11)16(22)24-5)20-9-12-8-13(10-20)21(12)17(23)25-18(2,3)4/h6-7,12-13H,8-10H2,1-5H3. The molecule has 1 aromatic rings. The van der Waals surface area contributed by atoms with E-state index in [1.807, 2.05) is 38.7 Å². The number of fused-ring (bicyclic) bond motifs is 2. The van der Waals surface area contributed by atoms with Gasteiger partial charge in [-0.3, -0.25) is 4.90 Å². The molecule has 0 aromatic carbocycles. The summed E-state index contributed by atoms with van der Waals surface area (Å²) in [5.74, 6) is -0.438. The molecule has 0 spiro atoms. The summed E-state index contributed by atoms with van der Waals surface area (Å²) in [6.45, 7) is 9.01. The average Bonchev–Trinajstić information content (AvgIpc) is 2.52. The van der Waals surface area contributed by atoms with E-state index in [0.717, 1.165) is 30.9 Å². The fraction of sp³-hybridized carbons (Fsp3) is 0.611. The number of esters is 1. The molecular weight excluding hydrogens is 322 g/mol. The molecule has 25 heavy (non-hydrogen) atoms. The van der Waals surface area contributed by atoms with E-state index in [9.17, 15) is 9.59 Å². The molecule has 2 bridgehead atoms. The van der Waals surface area contributed by atoms with Crippen molar-refractivity contribution < 1.29 is 19.1 Å². The molecule has 4 heterocycles. The van der Waals surface area contributed by atoms with Crippen LogP contribution in [0.25, 0.3) is 0 Å². The third-order valence-corrected chi connectivity index (χ3v) is 4.59. The fourth-order valence-electron chi connectivity index (χ4n) is 3.53. The third kappa shape index (κ3) is 3.41. The van der Waals surface area contributed by atoms with Gasteiger partial charge in [-0.2, -0.15) is 0 Å². The molecule has 136 valence electrons. The minimum absolute atomic E-state index is 0.160. The van der Waals surface area contributed by atoms with E-state index in [4.69, 9.17) is 9.47 Å². The monoisotopic (exact) mass is 347 g/mol. The van der Waals surface area contributed by atoms with Crippen molar-refractivity contribution >= 4 is 17.7 Å². The van der Waals surface area contributed by atoms with E-state index < -0.39 is 11.6 Å². The largest absolute Gasteiger partial charge is 0.464 e. The first-order valence-corrected chi connectivity index (χ1v) is 8.52. The van der Waals surface area contributed by atoms with Crippen LogP contribution in [0.15, 0.2) is 12.1 Å². The Bertz CT molecular complexity index is 686. The molecule has 7 nitrogen and oxygen atoms in total. The van der Waals surface area contributed by atoms with Crippen molar-refractivity contribution in [2.24, 2.45) is 0 Å². The Labute approximate surface area is 147 Å². The first-order chi connectivity index (χ1) is 11.7. The summed E-state index contributed by atoms with van der Waals surface area (Å²) in [6.07, 6.45) is 0.770. The number of piperazine rings is 1. The predicted octanol–water partition coefficient (Wildman–Crippen LogP) is 2.37. The second-order valence-electron chi connectivity index (χ2n) is 7.63. The van der Waals surface area contributed by atoms with Crippen LogP contribution in [-0.2, 0) is 9.47 Å². The van der Waals surface area contributed by atoms with E-state index >= 15 is 0 Å². The van der Waals surface area contributed by atoms with E-state index in [2.05, 4.69) is 9.88 Å². The zero-order valence-corrected chi connectivity index (χ0v) is 15.4. The predicted molar refractivity (Wildman–Crippen MR) is 92.8 cm³/mol. The summed E-state index contributed by atoms with van der Waals surface area (Å²) in [7, 11) is 1.34. The van der Waals surface area contributed by atoms with Gasteiger partial charge >= 0.3 is 12.1 Å². The summed E-state index contributed by atoms with van der Waals surface area (Å²) in [4.78, 5) is 32.3. The minimum Gasteiger partial charge on any atom is -0.464 e. The van der Waals surface area contributed by atoms with Crippen LogP contribution in [0, 0.1) is 6.92 Å². The number of aromatic nitrogens is 1. The Morgan fingerprint density at radius 1 is 1.20 bits per heavy atom. The molecule has 2 atom stereocenters. The first-order valence-electron chi connectivity index (χ1n) is 8.52. The number of rotatable bonds is 2. The molecule has 1 amide bonds. The van der Waals surface area contributed by atoms with Crippen LogP contribution in [0.5, 0.6) is 0 Å². The summed E-state index contributed by atoms with van der Waals surface area (Å²) >= 11 is 0. The van der Waals surface area contributed by atoms with Gasteiger partial charge in [0.15, 0.2) is 0 Å². The van der Waals surface area contributed by atoms with Gasteiger partial charge in [-0.05, 0) is 46.2 Å². The molecule has 3 saturated heterocycles. The smallest absolute Gasteiger partial charge is 0.410 e. The van der Waals surface area contributed by atoms with Crippen molar-refractivity contribution in [1.29, 1.82) is 0 Å². The zero-order valence-electron chi connectivity index (χ0n) is 15.4. The number of hydrogen-bond donors (Lipinski definition) is 0. The lowest BCUT2D eigenvalue weighted by atomic mass is 9.87. The molecule has 3 fully saturated rings. The SMILES string of the molecule is COC(=O)c1ccc(N2CC3CC(C2)N3C(=O)OC(C)(C)C)c(C)n1. The van der Waals surface area contributed by atoms with Crippen LogP contribution in [0.4, 0.5) is 10.5 Å². The van der Waals surface area contributed by atoms with Crippen LogP contribution >= 0.6 is 0 Å². The quantitative estimate of drug-likeness (QED) is 0.765. The topological polar surface area (TPSA) is 72.0 Å². The number of anilines is 1. The molecule has 0 saturated carbocycles. The fourth-order valence-corrected chi connectivity index (χ4v) is 3.53. The van der Waals surface area contributed by atoms with Crippen molar-refractivity contribution in [3.63, 3.8) is 0 Å². The maximum Gasteiger partial charge on any atom is 0.410 e. The number of aryl methyl sites for hydroxylation is 1. The lowest BCUT2D eigenvalue weighted by Gasteiger charge is -2.56. The number of carbonyl (C=O) groups is 2. The molecule has 3 aliphatic heterocycles. The van der Waals surface area contributed by atoms with Crippen molar-refractivity contribution in [1.82, 2.24) is 9.88 Å². The Morgan fingerprint density at radius 3 is 2.36 bits per heavy atom. The van der Waals surface area contributed by atoms with Gasteiger partial charge < -0.3 is 14.4 Å². The van der Waals surface area contributed by atoms with Crippen LogP contribution in [0.2, 0.25) is 0 Å². The Kier molecular flexibility index (Phi) is 4.34. The van der Waals surface area contributed by atoms with Gasteiger partial charge in [-0.1, -0.05) is 0 Å². The summed E-state index contributed by atoms with van der Waals surface area (Å²) in [6, 6.07) is 3.90. The summed E-state index contributed by atoms with van der Waals surface area (Å²) < 4.78 is 10.2. The van der Waals surface area contributed by atoms with Gasteiger partial charge in [0.2, 0.25) is 0 Å². The van der Waals surface area contributed by atoms with Gasteiger partial charge in [-0.15, -0.1) is 0 Å². The lowest BCUT2D eigenvalue weighted by Crippen LogP contribution is -2.70. The number of hydrogen-bond acceptors (Lipinski definition) is 6. The van der Waals surface area contributed by atoms with E-state index in [0.29, 0.717) is 5.69 Å². The molecule has 0 N–H and O–H groups in total. The first kappa shape index (κ1) is 17.5. The molecule has 2 unspecified atom stereocenters. The second-order valence-corrected chi connectivity index (χ2v) is 7.63. The maximum atomic E-state index is 12.3. The molecule has 0 aliphatic carbocycles. The molecule has 0 radical (unpaired) electrons. The Hall–Kier alpha value is -2.31. The highest BCUT2D eigenvalue weighted by molar-refractivity contribution is 5.87. The highest BCUT2D eigenvalue weighted by Gasteiger charge is 2.49. The van der Waals surface area contributed by atoms with Crippen molar-refractivity contribution in [3.8, 4) is 0 Å². The second kappa shape index (κ2) is 6.20. The van der Waals surface area contributed by atoms with Crippen molar-refractivity contribution in [2.45, 2.75) is 51.8 Å². The lowest BCUT2D eigenvalue weighted by molar-refractivity contribution is -0.0379. The van der Waals surface area contributed by atoms with Crippen molar-refractivity contribution in [3.05, 3.63) is 23.5 Å². The van der Waals surface area contributed by atoms with E-state index in [-0.39, 0.29) is 18.2 Å². The van der Waals surface area contributed by atoms with Crippen LogP contribution < -0.4 is 4.90 Å². The minimum atomic E-state index is -0.481. The van der Waals surface area contributed by atoms with E-state index in [1.54, 1.807) is 6.07 Å². The number of amides is 1. The van der Waals surface area contributed by atoms with Gasteiger partial charge in [0.05, 0.1) is 30.6 Å².